The van der Waals surface area contributed by atoms with Gasteiger partial charge in [0.1, 0.15) is 0 Å². The van der Waals surface area contributed by atoms with Crippen molar-refractivity contribution in [3.8, 4) is 0 Å². The van der Waals surface area contributed by atoms with Crippen LogP contribution in [0.15, 0.2) is 4.99 Å². The number of aliphatic imine (C=N–C) groups is 1. The lowest BCUT2D eigenvalue weighted by molar-refractivity contribution is -0.0284. The van der Waals surface area contributed by atoms with Gasteiger partial charge in [0.25, 0.3) is 0 Å². The molecule has 0 aromatic rings. The van der Waals surface area contributed by atoms with Crippen LogP contribution in [0.25, 0.3) is 0 Å². The van der Waals surface area contributed by atoms with E-state index in [0.717, 1.165) is 64.7 Å². The van der Waals surface area contributed by atoms with E-state index in [9.17, 15) is 0 Å². The Kier molecular flexibility index (Phi) is 11.0. The first-order chi connectivity index (χ1) is 11.2. The summed E-state index contributed by atoms with van der Waals surface area (Å²) in [6.07, 6.45) is 3.66. The molecule has 0 aromatic carbocycles. The van der Waals surface area contributed by atoms with Gasteiger partial charge in [-0.3, -0.25) is 9.89 Å². The first-order valence-electron chi connectivity index (χ1n) is 8.93. The molecule has 1 aliphatic heterocycles. The van der Waals surface area contributed by atoms with Crippen LogP contribution < -0.4 is 10.6 Å². The molecule has 1 saturated heterocycles. The fourth-order valence-electron chi connectivity index (χ4n) is 2.77. The minimum atomic E-state index is 0.239. The molecule has 1 fully saturated rings. The van der Waals surface area contributed by atoms with Crippen LogP contribution in [-0.2, 0) is 9.47 Å². The third-order valence-corrected chi connectivity index (χ3v) is 3.88. The molecule has 0 spiro atoms. The summed E-state index contributed by atoms with van der Waals surface area (Å²) in [5.74, 6) is 1.57. The largest absolute Gasteiger partial charge is 0.385 e. The minimum Gasteiger partial charge on any atom is -0.385 e. The number of hydrogen-bond donors (Lipinski definition) is 2. The van der Waals surface area contributed by atoms with E-state index < -0.39 is 0 Å². The summed E-state index contributed by atoms with van der Waals surface area (Å²) in [5.41, 5.74) is 0. The van der Waals surface area contributed by atoms with E-state index >= 15 is 0 Å². The number of morpholine rings is 1. The second kappa shape index (κ2) is 12.6. The Labute approximate surface area is 142 Å². The molecule has 1 atom stereocenters. The zero-order valence-electron chi connectivity index (χ0n) is 15.4. The van der Waals surface area contributed by atoms with E-state index in [1.54, 1.807) is 7.11 Å². The maximum absolute atomic E-state index is 5.85. The molecule has 0 aliphatic carbocycles. The molecule has 1 heterocycles. The normalized spacial score (nSPS) is 20.0. The molecular weight excluding hydrogens is 292 g/mol. The minimum absolute atomic E-state index is 0.239. The van der Waals surface area contributed by atoms with E-state index in [1.807, 2.05) is 7.05 Å². The van der Waals surface area contributed by atoms with Gasteiger partial charge in [-0.05, 0) is 25.2 Å². The first kappa shape index (κ1) is 20.2. The lowest BCUT2D eigenvalue weighted by Crippen LogP contribution is -2.50. The van der Waals surface area contributed by atoms with Crippen molar-refractivity contribution in [1.82, 2.24) is 15.5 Å². The molecule has 6 heteroatoms. The molecule has 1 aliphatic rings. The van der Waals surface area contributed by atoms with E-state index in [0.29, 0.717) is 5.92 Å². The van der Waals surface area contributed by atoms with Crippen molar-refractivity contribution in [3.63, 3.8) is 0 Å². The molecule has 0 amide bonds. The molecule has 6 nitrogen and oxygen atoms in total. The number of rotatable bonds is 10. The van der Waals surface area contributed by atoms with Gasteiger partial charge in [0.05, 0.1) is 12.7 Å². The smallest absolute Gasteiger partial charge is 0.191 e. The first-order valence-corrected chi connectivity index (χ1v) is 8.93. The summed E-state index contributed by atoms with van der Waals surface area (Å²) in [6.45, 7) is 11.1. The second-order valence-corrected chi connectivity index (χ2v) is 6.58. The highest BCUT2D eigenvalue weighted by atomic mass is 16.5. The Balaban J connectivity index is 2.16. The third-order valence-electron chi connectivity index (χ3n) is 3.88. The van der Waals surface area contributed by atoms with Gasteiger partial charge in [-0.1, -0.05) is 13.8 Å². The zero-order valence-corrected chi connectivity index (χ0v) is 15.4. The van der Waals surface area contributed by atoms with Gasteiger partial charge in [0.2, 0.25) is 0 Å². The summed E-state index contributed by atoms with van der Waals surface area (Å²) in [6, 6.07) is 0. The summed E-state index contributed by atoms with van der Waals surface area (Å²) >= 11 is 0. The monoisotopic (exact) mass is 328 g/mol. The van der Waals surface area contributed by atoms with Crippen molar-refractivity contribution in [2.75, 3.05) is 60.1 Å². The van der Waals surface area contributed by atoms with Crippen molar-refractivity contribution in [3.05, 3.63) is 0 Å². The van der Waals surface area contributed by atoms with Gasteiger partial charge in [0.15, 0.2) is 5.96 Å². The zero-order chi connectivity index (χ0) is 16.9. The van der Waals surface area contributed by atoms with Crippen molar-refractivity contribution >= 4 is 5.96 Å². The van der Waals surface area contributed by atoms with E-state index in [4.69, 9.17) is 9.47 Å². The van der Waals surface area contributed by atoms with Crippen LogP contribution in [0.2, 0.25) is 0 Å². The molecule has 1 unspecified atom stereocenters. The van der Waals surface area contributed by atoms with Crippen molar-refractivity contribution < 1.29 is 9.47 Å². The Morgan fingerprint density at radius 2 is 2.13 bits per heavy atom. The van der Waals surface area contributed by atoms with Crippen LogP contribution in [0, 0.1) is 5.92 Å². The number of guanidine groups is 1. The highest BCUT2D eigenvalue weighted by molar-refractivity contribution is 5.79. The van der Waals surface area contributed by atoms with E-state index in [-0.39, 0.29) is 6.10 Å². The van der Waals surface area contributed by atoms with Crippen LogP contribution in [0.4, 0.5) is 0 Å². The lowest BCUT2D eigenvalue weighted by atomic mass is 10.2. The third kappa shape index (κ3) is 9.79. The number of nitrogens with one attached hydrogen (secondary N) is 2. The highest BCUT2D eigenvalue weighted by Gasteiger charge is 2.20. The molecule has 23 heavy (non-hydrogen) atoms. The maximum Gasteiger partial charge on any atom is 0.191 e. The second-order valence-electron chi connectivity index (χ2n) is 6.58. The Hall–Kier alpha value is -0.850. The van der Waals surface area contributed by atoms with E-state index in [1.165, 1.54) is 6.42 Å². The Morgan fingerprint density at radius 3 is 2.83 bits per heavy atom. The quantitative estimate of drug-likeness (QED) is 0.360. The van der Waals surface area contributed by atoms with Gasteiger partial charge in [-0.25, -0.2) is 0 Å². The predicted molar refractivity (Wildman–Crippen MR) is 96.1 cm³/mol. The topological polar surface area (TPSA) is 58.1 Å². The van der Waals surface area contributed by atoms with Crippen LogP contribution in [0.5, 0.6) is 0 Å². The van der Waals surface area contributed by atoms with Gasteiger partial charge < -0.3 is 20.1 Å². The number of ether oxygens (including phenoxy) is 2. The highest BCUT2D eigenvalue weighted by Crippen LogP contribution is 2.07. The maximum atomic E-state index is 5.85. The summed E-state index contributed by atoms with van der Waals surface area (Å²) in [4.78, 5) is 6.77. The molecule has 1 rings (SSSR count). The van der Waals surface area contributed by atoms with Crippen molar-refractivity contribution in [2.24, 2.45) is 10.9 Å². The summed E-state index contributed by atoms with van der Waals surface area (Å²) in [5, 5.41) is 6.74. The predicted octanol–water partition coefficient (Wildman–Crippen LogP) is 1.32. The molecule has 0 radical (unpaired) electrons. The average Bonchev–Trinajstić information content (AvgIpc) is 2.53. The molecule has 0 saturated carbocycles. The standard InChI is InChI=1S/C17H36N4O2/c1-15(2)13-21-9-11-23-16(14-21)12-20-17(18-3)19-8-6-5-7-10-22-4/h15-16H,5-14H2,1-4H3,(H2,18,19,20). The fourth-order valence-corrected chi connectivity index (χ4v) is 2.77. The summed E-state index contributed by atoms with van der Waals surface area (Å²) < 4.78 is 10.9. The van der Waals surface area contributed by atoms with Gasteiger partial charge >= 0.3 is 0 Å². The molecule has 136 valence electrons. The van der Waals surface area contributed by atoms with Gasteiger partial charge in [-0.2, -0.15) is 0 Å². The Bertz CT molecular complexity index is 324. The van der Waals surface area contributed by atoms with Crippen LogP contribution >= 0.6 is 0 Å². The van der Waals surface area contributed by atoms with Crippen LogP contribution in [0.3, 0.4) is 0 Å². The van der Waals surface area contributed by atoms with Crippen molar-refractivity contribution in [1.29, 1.82) is 0 Å². The average molecular weight is 329 g/mol. The van der Waals surface area contributed by atoms with Crippen LogP contribution in [0.1, 0.15) is 33.1 Å². The molecular formula is C17H36N4O2. The number of methoxy groups -OCH3 is 1. The number of hydrogen-bond acceptors (Lipinski definition) is 4. The SMILES string of the molecule is CN=C(NCCCCCOC)NCC1CN(CC(C)C)CCO1. The van der Waals surface area contributed by atoms with Gasteiger partial charge in [0, 0.05) is 53.5 Å². The molecule has 2 N–H and O–H groups in total. The number of nitrogens with zero attached hydrogens (tertiary/aromatic N) is 2. The number of unbranched alkanes of at least 4 members (excludes halogenated alkanes) is 2. The van der Waals surface area contributed by atoms with Crippen LogP contribution in [-0.4, -0.2) is 77.1 Å². The Morgan fingerprint density at radius 1 is 1.30 bits per heavy atom. The lowest BCUT2D eigenvalue weighted by Gasteiger charge is -2.34. The van der Waals surface area contributed by atoms with E-state index in [2.05, 4.69) is 34.4 Å². The summed E-state index contributed by atoms with van der Waals surface area (Å²) in [7, 11) is 3.56. The van der Waals surface area contributed by atoms with Crippen molar-refractivity contribution in [2.45, 2.75) is 39.2 Å². The molecule has 0 bridgehead atoms. The van der Waals surface area contributed by atoms with Gasteiger partial charge in [-0.15, -0.1) is 0 Å². The molecule has 0 aromatic heterocycles. The fraction of sp³-hybridized carbons (Fsp3) is 0.941.